The van der Waals surface area contributed by atoms with Gasteiger partial charge < -0.3 is 4.98 Å². The summed E-state index contributed by atoms with van der Waals surface area (Å²) in [6, 6.07) is 0. The lowest BCUT2D eigenvalue weighted by atomic mass is 9.89. The van der Waals surface area contributed by atoms with Crippen molar-refractivity contribution in [1.82, 2.24) is 9.97 Å². The van der Waals surface area contributed by atoms with Crippen molar-refractivity contribution in [2.24, 2.45) is 5.92 Å². The van der Waals surface area contributed by atoms with Crippen LogP contribution in [0.15, 0.2) is 24.8 Å². The summed E-state index contributed by atoms with van der Waals surface area (Å²) in [4.78, 5) is 7.71. The van der Waals surface area contributed by atoms with Crippen LogP contribution in [0.25, 0.3) is 12.2 Å². The van der Waals surface area contributed by atoms with Crippen LogP contribution in [0.2, 0.25) is 0 Å². The van der Waals surface area contributed by atoms with Crippen LogP contribution in [0.5, 0.6) is 0 Å². The van der Waals surface area contributed by atoms with Crippen LogP contribution in [0.4, 0.5) is 0 Å². The highest BCUT2D eigenvalue weighted by molar-refractivity contribution is 5.62. The topological polar surface area (TPSA) is 28.7 Å². The van der Waals surface area contributed by atoms with E-state index in [1.54, 1.807) is 6.08 Å². The highest BCUT2D eigenvalue weighted by Crippen LogP contribution is 2.26. The second-order valence-electron chi connectivity index (χ2n) is 4.95. The van der Waals surface area contributed by atoms with Crippen molar-refractivity contribution in [3.63, 3.8) is 0 Å². The highest BCUT2D eigenvalue weighted by Gasteiger charge is 2.12. The van der Waals surface area contributed by atoms with Gasteiger partial charge in [-0.2, -0.15) is 0 Å². The molecule has 19 heavy (non-hydrogen) atoms. The summed E-state index contributed by atoms with van der Waals surface area (Å²) in [7, 11) is 0. The monoisotopic (exact) mass is 258 g/mol. The lowest BCUT2D eigenvalue weighted by molar-refractivity contribution is 0.515. The molecule has 1 heterocycles. The third-order valence-corrected chi connectivity index (χ3v) is 3.37. The Bertz CT molecular complexity index is 446. The standard InChI is InChI=1S/C17H26N2/c1-6-10-15(11-7-2)14(8-3)12-17-16(9-4)18-13(5)19-17/h8-9,12,15H,3-4,6-7,10-11H2,1-2,5H3,(H,18,19)/b14-12+. The van der Waals surface area contributed by atoms with Crippen LogP contribution in [-0.4, -0.2) is 9.97 Å². The largest absolute Gasteiger partial charge is 0.342 e. The van der Waals surface area contributed by atoms with Crippen LogP contribution in [-0.2, 0) is 0 Å². The van der Waals surface area contributed by atoms with E-state index in [1.165, 1.54) is 31.3 Å². The van der Waals surface area contributed by atoms with Crippen LogP contribution < -0.4 is 0 Å². The summed E-state index contributed by atoms with van der Waals surface area (Å²) in [5, 5.41) is 0. The molecule has 0 radical (unpaired) electrons. The predicted octanol–water partition coefficient (Wildman–Crippen LogP) is 5.15. The maximum Gasteiger partial charge on any atom is 0.104 e. The Morgan fingerprint density at radius 2 is 1.89 bits per heavy atom. The molecule has 0 saturated carbocycles. The summed E-state index contributed by atoms with van der Waals surface area (Å²) < 4.78 is 0. The molecule has 0 aliphatic heterocycles. The number of nitrogens with one attached hydrogen (secondary N) is 1. The van der Waals surface area contributed by atoms with Crippen LogP contribution in [0.3, 0.4) is 0 Å². The van der Waals surface area contributed by atoms with Crippen LogP contribution in [0.1, 0.15) is 56.7 Å². The van der Waals surface area contributed by atoms with Gasteiger partial charge in [0.25, 0.3) is 0 Å². The third-order valence-electron chi connectivity index (χ3n) is 3.37. The zero-order chi connectivity index (χ0) is 14.3. The number of allylic oxidation sites excluding steroid dienone is 2. The smallest absolute Gasteiger partial charge is 0.104 e. The lowest BCUT2D eigenvalue weighted by Gasteiger charge is -2.16. The SMILES string of the molecule is C=C/C(=C\c1[nH]c(C)nc1C=C)C(CCC)CCC. The van der Waals surface area contributed by atoms with Gasteiger partial charge in [0.15, 0.2) is 0 Å². The second-order valence-corrected chi connectivity index (χ2v) is 4.95. The fourth-order valence-electron chi connectivity index (χ4n) is 2.48. The fourth-order valence-corrected chi connectivity index (χ4v) is 2.48. The van der Waals surface area contributed by atoms with E-state index in [2.05, 4.69) is 43.0 Å². The molecule has 0 aromatic carbocycles. The molecule has 0 aliphatic rings. The number of hydrogen-bond acceptors (Lipinski definition) is 1. The zero-order valence-electron chi connectivity index (χ0n) is 12.5. The maximum absolute atomic E-state index is 4.42. The van der Waals surface area contributed by atoms with Crippen molar-refractivity contribution >= 4 is 12.2 Å². The van der Waals surface area contributed by atoms with Gasteiger partial charge in [0.2, 0.25) is 0 Å². The van der Waals surface area contributed by atoms with Gasteiger partial charge in [0.05, 0.1) is 11.4 Å². The molecule has 2 nitrogen and oxygen atoms in total. The first kappa shape index (κ1) is 15.5. The third kappa shape index (κ3) is 4.23. The normalized spacial score (nSPS) is 11.9. The molecule has 0 saturated heterocycles. The molecule has 0 aliphatic carbocycles. The number of aryl methyl sites for hydroxylation is 1. The number of hydrogen-bond donors (Lipinski definition) is 1. The Morgan fingerprint density at radius 1 is 1.26 bits per heavy atom. The number of nitrogens with zero attached hydrogens (tertiary/aromatic N) is 1. The molecule has 104 valence electrons. The fraction of sp³-hybridized carbons (Fsp3) is 0.471. The zero-order valence-corrected chi connectivity index (χ0v) is 12.5. The second kappa shape index (κ2) is 7.78. The van der Waals surface area contributed by atoms with Gasteiger partial charge in [-0.3, -0.25) is 0 Å². The molecule has 2 heteroatoms. The maximum atomic E-state index is 4.42. The number of rotatable bonds is 8. The first-order valence-corrected chi connectivity index (χ1v) is 7.19. The van der Waals surface area contributed by atoms with E-state index in [9.17, 15) is 0 Å². The Kier molecular flexibility index (Phi) is 6.34. The average Bonchev–Trinajstić information content (AvgIpc) is 2.76. The summed E-state index contributed by atoms with van der Waals surface area (Å²) in [6.45, 7) is 14.2. The molecule has 0 fully saturated rings. The molecule has 0 unspecified atom stereocenters. The van der Waals surface area contributed by atoms with Gasteiger partial charge in [-0.15, -0.1) is 0 Å². The average molecular weight is 258 g/mol. The van der Waals surface area contributed by atoms with Crippen LogP contribution >= 0.6 is 0 Å². The number of aromatic nitrogens is 2. The first-order chi connectivity index (χ1) is 9.15. The van der Waals surface area contributed by atoms with E-state index in [0.29, 0.717) is 5.92 Å². The highest BCUT2D eigenvalue weighted by atomic mass is 14.9. The predicted molar refractivity (Wildman–Crippen MR) is 84.9 cm³/mol. The minimum absolute atomic E-state index is 0.591. The Morgan fingerprint density at radius 3 is 2.37 bits per heavy atom. The first-order valence-electron chi connectivity index (χ1n) is 7.19. The van der Waals surface area contributed by atoms with E-state index >= 15 is 0 Å². The molecule has 0 atom stereocenters. The minimum Gasteiger partial charge on any atom is -0.342 e. The summed E-state index contributed by atoms with van der Waals surface area (Å²) in [5.41, 5.74) is 3.26. The number of imidazole rings is 1. The van der Waals surface area contributed by atoms with Gasteiger partial charge in [0, 0.05) is 0 Å². The van der Waals surface area contributed by atoms with Gasteiger partial charge in [-0.25, -0.2) is 4.98 Å². The molecule has 1 aromatic heterocycles. The Hall–Kier alpha value is -1.57. The lowest BCUT2D eigenvalue weighted by Crippen LogP contribution is -2.02. The Balaban J connectivity index is 3.07. The van der Waals surface area contributed by atoms with Gasteiger partial charge in [0.1, 0.15) is 5.82 Å². The molecular weight excluding hydrogens is 232 g/mol. The van der Waals surface area contributed by atoms with Crippen molar-refractivity contribution in [1.29, 1.82) is 0 Å². The van der Waals surface area contributed by atoms with Crippen molar-refractivity contribution in [2.45, 2.75) is 46.5 Å². The van der Waals surface area contributed by atoms with E-state index in [0.717, 1.165) is 17.2 Å². The van der Waals surface area contributed by atoms with Crippen molar-refractivity contribution in [3.05, 3.63) is 42.0 Å². The van der Waals surface area contributed by atoms with Crippen molar-refractivity contribution in [3.8, 4) is 0 Å². The molecule has 1 N–H and O–H groups in total. The van der Waals surface area contributed by atoms with Gasteiger partial charge in [-0.1, -0.05) is 45.9 Å². The number of aromatic amines is 1. The molecule has 0 spiro atoms. The van der Waals surface area contributed by atoms with Gasteiger partial charge >= 0.3 is 0 Å². The Labute approximate surface area is 117 Å². The van der Waals surface area contributed by atoms with Crippen LogP contribution in [0, 0.1) is 12.8 Å². The molecule has 1 aromatic rings. The van der Waals surface area contributed by atoms with E-state index in [4.69, 9.17) is 0 Å². The summed E-state index contributed by atoms with van der Waals surface area (Å²) >= 11 is 0. The summed E-state index contributed by atoms with van der Waals surface area (Å²) in [5.74, 6) is 1.51. The molecule has 0 amide bonds. The van der Waals surface area contributed by atoms with E-state index < -0.39 is 0 Å². The molecule has 1 rings (SSSR count). The van der Waals surface area contributed by atoms with Crippen molar-refractivity contribution in [2.75, 3.05) is 0 Å². The number of H-pyrrole nitrogens is 1. The molecule has 0 bridgehead atoms. The van der Waals surface area contributed by atoms with Crippen molar-refractivity contribution < 1.29 is 0 Å². The molecular formula is C17H26N2. The quantitative estimate of drug-likeness (QED) is 0.642. The van der Waals surface area contributed by atoms with E-state index in [-0.39, 0.29) is 0 Å². The van der Waals surface area contributed by atoms with Gasteiger partial charge in [-0.05, 0) is 43.4 Å². The van der Waals surface area contributed by atoms with E-state index in [1.807, 2.05) is 13.0 Å². The minimum atomic E-state index is 0.591. The summed E-state index contributed by atoms with van der Waals surface area (Å²) in [6.07, 6.45) is 10.8.